The summed E-state index contributed by atoms with van der Waals surface area (Å²) in [7, 11) is 0. The highest BCUT2D eigenvalue weighted by Gasteiger charge is 2.29. The third kappa shape index (κ3) is 17.0. The van der Waals surface area contributed by atoms with Crippen LogP contribution in [-0.4, -0.2) is 132 Å². The minimum absolute atomic E-state index is 0.0768. The number of urea groups is 1. The Hall–Kier alpha value is -6.07. The molecule has 0 unspecified atom stereocenters. The quantitative estimate of drug-likeness (QED) is 0.0722. The van der Waals surface area contributed by atoms with Crippen molar-refractivity contribution in [1.29, 1.82) is 0 Å². The first-order chi connectivity index (χ1) is 34.6. The Bertz CT molecular complexity index is 2600. The van der Waals surface area contributed by atoms with Gasteiger partial charge in [0, 0.05) is 106 Å². The first-order valence-corrected chi connectivity index (χ1v) is 25.9. The van der Waals surface area contributed by atoms with E-state index in [1.165, 1.54) is 0 Å². The van der Waals surface area contributed by atoms with Gasteiger partial charge in [-0.05, 0) is 122 Å². The van der Waals surface area contributed by atoms with Gasteiger partial charge in [-0.3, -0.25) is 29.0 Å². The van der Waals surface area contributed by atoms with Crippen molar-refractivity contribution in [2.45, 2.75) is 92.4 Å². The summed E-state index contributed by atoms with van der Waals surface area (Å²) in [5.41, 5.74) is 10.3. The standard InChI is InChI=1S/C30H40ClN5O4.C25H33ClN4O3/c1-5-40-26-17-25(33-29(39)32-18-20-9-10-20)24(31)16-23(26)28(38)36-13-11-35(12-14-36)19-21-7-6-8-22(15-21)27(37)34-30(2,3)4;1-5-33-22-15-21(27)20(26)14-19(22)24(32)30-11-9-29(10-12-30)16-17-7-6-8-18(13-17)23(31)28-25(2,3)4/h6-8,15-17,20H,5,9-14,18-19H2,1-4H3,(H,34,37)(H2,32,33,39);6-8,13-15H,5,9-12,16,27H2,1-4H3,(H,28,31). The average molecular weight is 1040 g/mol. The molecule has 73 heavy (non-hydrogen) atoms. The van der Waals surface area contributed by atoms with E-state index in [-0.39, 0.29) is 45.8 Å². The molecule has 0 bridgehead atoms. The fraction of sp³-hybridized carbons (Fsp3) is 0.473. The second-order valence-corrected chi connectivity index (χ2v) is 21.6. The third-order valence-electron chi connectivity index (χ3n) is 12.2. The van der Waals surface area contributed by atoms with Crippen LogP contribution in [0, 0.1) is 5.92 Å². The Morgan fingerprint density at radius 1 is 0.616 bits per heavy atom. The van der Waals surface area contributed by atoms with Crippen LogP contribution in [0.15, 0.2) is 72.8 Å². The summed E-state index contributed by atoms with van der Waals surface area (Å²) in [6.07, 6.45) is 2.29. The van der Waals surface area contributed by atoms with Crippen LogP contribution in [0.3, 0.4) is 0 Å². The topological polar surface area (TPSA) is 191 Å². The van der Waals surface area contributed by atoms with Crippen molar-refractivity contribution in [1.82, 2.24) is 35.6 Å². The number of hydrogen-bond donors (Lipinski definition) is 5. The zero-order valence-corrected chi connectivity index (χ0v) is 45.1. The summed E-state index contributed by atoms with van der Waals surface area (Å²) >= 11 is 12.6. The lowest BCUT2D eigenvalue weighted by Crippen LogP contribution is -2.48. The number of nitrogen functional groups attached to an aromatic ring is 1. The fourth-order valence-corrected chi connectivity index (χ4v) is 8.73. The normalized spacial score (nSPS) is 15.4. The molecule has 394 valence electrons. The summed E-state index contributed by atoms with van der Waals surface area (Å²) < 4.78 is 11.4. The molecule has 2 aliphatic heterocycles. The van der Waals surface area contributed by atoms with Crippen molar-refractivity contribution in [3.8, 4) is 11.5 Å². The Labute approximate surface area is 440 Å². The van der Waals surface area contributed by atoms with Crippen molar-refractivity contribution in [3.63, 3.8) is 0 Å². The maximum atomic E-state index is 13.5. The summed E-state index contributed by atoms with van der Waals surface area (Å²) in [5, 5.41) is 12.2. The lowest BCUT2D eigenvalue weighted by Gasteiger charge is -2.35. The van der Waals surface area contributed by atoms with E-state index in [4.69, 9.17) is 38.4 Å². The summed E-state index contributed by atoms with van der Waals surface area (Å²) in [4.78, 5) is 72.1. The number of amides is 6. The van der Waals surface area contributed by atoms with E-state index in [1.54, 1.807) is 29.2 Å². The molecule has 0 aromatic heterocycles. The van der Waals surface area contributed by atoms with Crippen molar-refractivity contribution in [3.05, 3.63) is 116 Å². The highest BCUT2D eigenvalue weighted by Crippen LogP contribution is 2.34. The van der Waals surface area contributed by atoms with E-state index in [0.29, 0.717) is 122 Å². The predicted octanol–water partition coefficient (Wildman–Crippen LogP) is 8.56. The number of piperazine rings is 2. The molecule has 1 aliphatic carbocycles. The zero-order valence-electron chi connectivity index (χ0n) is 43.6. The van der Waals surface area contributed by atoms with Gasteiger partial charge in [0.25, 0.3) is 23.6 Å². The number of halogens is 2. The summed E-state index contributed by atoms with van der Waals surface area (Å²) in [5.74, 6) is 0.974. The molecule has 18 heteroatoms. The van der Waals surface area contributed by atoms with Crippen molar-refractivity contribution >= 4 is 64.2 Å². The largest absolute Gasteiger partial charge is 0.493 e. The molecule has 0 spiro atoms. The Morgan fingerprint density at radius 3 is 1.48 bits per heavy atom. The number of carbonyl (C=O) groups is 5. The maximum Gasteiger partial charge on any atom is 0.319 e. The smallest absolute Gasteiger partial charge is 0.319 e. The van der Waals surface area contributed by atoms with Gasteiger partial charge < -0.3 is 46.3 Å². The molecule has 7 rings (SSSR count). The molecule has 4 aromatic carbocycles. The van der Waals surface area contributed by atoms with Gasteiger partial charge >= 0.3 is 6.03 Å². The van der Waals surface area contributed by atoms with Crippen molar-refractivity contribution < 1.29 is 33.4 Å². The van der Waals surface area contributed by atoms with Gasteiger partial charge in [-0.2, -0.15) is 0 Å². The Balaban J connectivity index is 0.000000243. The highest BCUT2D eigenvalue weighted by molar-refractivity contribution is 6.34. The molecule has 6 amide bonds. The van der Waals surface area contributed by atoms with E-state index in [1.807, 2.05) is 109 Å². The summed E-state index contributed by atoms with van der Waals surface area (Å²) in [6.45, 7) is 23.5. The summed E-state index contributed by atoms with van der Waals surface area (Å²) in [6, 6.07) is 21.4. The highest BCUT2D eigenvalue weighted by atomic mass is 35.5. The zero-order chi connectivity index (χ0) is 53.0. The molecular weight excluding hydrogens is 970 g/mol. The van der Waals surface area contributed by atoms with E-state index in [0.717, 1.165) is 43.6 Å². The monoisotopic (exact) mass is 1040 g/mol. The lowest BCUT2D eigenvalue weighted by atomic mass is 10.1. The van der Waals surface area contributed by atoms with Crippen LogP contribution in [0.5, 0.6) is 11.5 Å². The number of nitrogens with zero attached hydrogens (tertiary/aromatic N) is 4. The van der Waals surface area contributed by atoms with E-state index < -0.39 is 0 Å². The molecule has 0 atom stereocenters. The number of ether oxygens (including phenoxy) is 2. The molecule has 2 saturated heterocycles. The molecule has 16 nitrogen and oxygen atoms in total. The minimum Gasteiger partial charge on any atom is -0.493 e. The van der Waals surface area contributed by atoms with Gasteiger partial charge in [-0.25, -0.2) is 4.79 Å². The molecule has 3 aliphatic rings. The van der Waals surface area contributed by atoms with Gasteiger partial charge in [-0.1, -0.05) is 47.5 Å². The van der Waals surface area contributed by atoms with Gasteiger partial charge in [-0.15, -0.1) is 0 Å². The van der Waals surface area contributed by atoms with Crippen molar-refractivity contribution in [2.75, 3.05) is 83.2 Å². The molecule has 6 N–H and O–H groups in total. The van der Waals surface area contributed by atoms with Gasteiger partial charge in [0.1, 0.15) is 11.5 Å². The van der Waals surface area contributed by atoms with Gasteiger partial charge in [0.15, 0.2) is 0 Å². The number of nitrogens with two attached hydrogens (primary N) is 1. The van der Waals surface area contributed by atoms with Crippen LogP contribution in [0.4, 0.5) is 16.2 Å². The van der Waals surface area contributed by atoms with Gasteiger partial charge in [0.05, 0.1) is 45.8 Å². The molecule has 0 radical (unpaired) electrons. The minimum atomic E-state index is -0.327. The molecular formula is C55H73Cl2N9O7. The second-order valence-electron chi connectivity index (χ2n) is 20.8. The molecule has 3 fully saturated rings. The average Bonchev–Trinajstić information content (AvgIpc) is 4.17. The fourth-order valence-electron chi connectivity index (χ4n) is 8.35. The first kappa shape index (κ1) is 56.2. The number of benzene rings is 4. The Kier molecular flexibility index (Phi) is 19.4. The van der Waals surface area contributed by atoms with E-state index in [9.17, 15) is 24.0 Å². The molecule has 1 saturated carbocycles. The number of rotatable bonds is 15. The SMILES string of the molecule is CCOc1cc(N)c(Cl)cc1C(=O)N1CCN(Cc2cccc(C(=O)NC(C)(C)C)c2)CC1.CCOc1cc(NC(=O)NCC2CC2)c(Cl)cc1C(=O)N1CCN(Cc2cccc(C(=O)NC(C)(C)C)c2)CC1. The first-order valence-electron chi connectivity index (χ1n) is 25.2. The lowest BCUT2D eigenvalue weighted by molar-refractivity contribution is 0.0617. The number of nitrogens with one attached hydrogen (secondary N) is 4. The molecule has 4 aromatic rings. The van der Waals surface area contributed by atoms with Crippen molar-refractivity contribution in [2.24, 2.45) is 5.92 Å². The van der Waals surface area contributed by atoms with Crippen LogP contribution >= 0.6 is 23.2 Å². The maximum absolute atomic E-state index is 13.5. The number of anilines is 2. The van der Waals surface area contributed by atoms with E-state index >= 15 is 0 Å². The van der Waals surface area contributed by atoms with Crippen LogP contribution in [-0.2, 0) is 13.1 Å². The van der Waals surface area contributed by atoms with Crippen LogP contribution < -0.4 is 36.5 Å². The predicted molar refractivity (Wildman–Crippen MR) is 289 cm³/mol. The van der Waals surface area contributed by atoms with Crippen LogP contribution in [0.2, 0.25) is 10.0 Å². The number of hydrogen-bond acceptors (Lipinski definition) is 10. The molecule has 2 heterocycles. The third-order valence-corrected chi connectivity index (χ3v) is 12.9. The van der Waals surface area contributed by atoms with Gasteiger partial charge in [0.2, 0.25) is 0 Å². The second kappa shape index (κ2) is 25.2. The van der Waals surface area contributed by atoms with E-state index in [2.05, 4.69) is 31.1 Å². The Morgan fingerprint density at radius 2 is 1.05 bits per heavy atom. The van der Waals surface area contributed by atoms with Crippen LogP contribution in [0.1, 0.15) is 121 Å². The van der Waals surface area contributed by atoms with Crippen LogP contribution in [0.25, 0.3) is 0 Å². The number of carbonyl (C=O) groups excluding carboxylic acids is 5.